The van der Waals surface area contributed by atoms with Crippen LogP contribution in [0.4, 0.5) is 0 Å². The van der Waals surface area contributed by atoms with Gasteiger partial charge in [-0.3, -0.25) is 0 Å². The van der Waals surface area contributed by atoms with Gasteiger partial charge in [0.1, 0.15) is 11.9 Å². The third-order valence-corrected chi connectivity index (χ3v) is 3.38. The highest BCUT2D eigenvalue weighted by Crippen LogP contribution is 2.25. The third-order valence-electron chi connectivity index (χ3n) is 3.38. The summed E-state index contributed by atoms with van der Waals surface area (Å²) in [5.74, 6) is 1.53. The Bertz CT molecular complexity index is 645. The molecule has 0 fully saturated rings. The lowest BCUT2D eigenvalue weighted by Crippen LogP contribution is -2.03. The molecule has 1 aliphatic rings. The summed E-state index contributed by atoms with van der Waals surface area (Å²) in [6.07, 6.45) is 3.92. The van der Waals surface area contributed by atoms with Crippen molar-refractivity contribution in [2.75, 3.05) is 13.7 Å². The van der Waals surface area contributed by atoms with Crippen molar-refractivity contribution in [3.05, 3.63) is 71.8 Å². The number of hydrogen-bond acceptors (Lipinski definition) is 3. The predicted octanol–water partition coefficient (Wildman–Crippen LogP) is 3.88. The molecule has 0 saturated carbocycles. The third kappa shape index (κ3) is 3.31. The van der Waals surface area contributed by atoms with Crippen molar-refractivity contribution >= 4 is 12.0 Å². The average molecular weight is 279 g/mol. The molecule has 21 heavy (non-hydrogen) atoms. The van der Waals surface area contributed by atoms with E-state index in [1.807, 2.05) is 66.7 Å². The second kappa shape index (κ2) is 6.27. The molecule has 0 unspecified atom stereocenters. The second-order valence-electron chi connectivity index (χ2n) is 4.80. The van der Waals surface area contributed by atoms with Gasteiger partial charge in [0.2, 0.25) is 5.90 Å². The van der Waals surface area contributed by atoms with Crippen LogP contribution < -0.4 is 4.74 Å². The quantitative estimate of drug-likeness (QED) is 0.850. The first-order chi connectivity index (χ1) is 10.3. The Morgan fingerprint density at radius 2 is 1.81 bits per heavy atom. The van der Waals surface area contributed by atoms with Crippen LogP contribution in [0.1, 0.15) is 17.2 Å². The van der Waals surface area contributed by atoms with E-state index in [-0.39, 0.29) is 6.10 Å². The van der Waals surface area contributed by atoms with Crippen LogP contribution in [-0.2, 0) is 4.74 Å². The van der Waals surface area contributed by atoms with Crippen LogP contribution in [0.5, 0.6) is 5.75 Å². The Morgan fingerprint density at radius 1 is 1.05 bits per heavy atom. The van der Waals surface area contributed by atoms with Gasteiger partial charge in [0, 0.05) is 6.08 Å². The van der Waals surface area contributed by atoms with Crippen molar-refractivity contribution in [1.82, 2.24) is 0 Å². The fraction of sp³-hybridized carbons (Fsp3) is 0.167. The van der Waals surface area contributed by atoms with Crippen LogP contribution in [0.15, 0.2) is 65.7 Å². The maximum atomic E-state index is 5.87. The Labute approximate surface area is 124 Å². The SMILES string of the molecule is COc1ccc([C@@H]2CN=C(C=Cc3ccccc3)O2)cc1. The molecule has 106 valence electrons. The lowest BCUT2D eigenvalue weighted by atomic mass is 10.1. The summed E-state index contributed by atoms with van der Waals surface area (Å²) in [7, 11) is 1.66. The average Bonchev–Trinajstić information content (AvgIpc) is 3.03. The van der Waals surface area contributed by atoms with Gasteiger partial charge in [-0.15, -0.1) is 0 Å². The molecule has 0 bridgehead atoms. The van der Waals surface area contributed by atoms with Crippen molar-refractivity contribution in [3.8, 4) is 5.75 Å². The zero-order valence-electron chi connectivity index (χ0n) is 11.9. The first kappa shape index (κ1) is 13.4. The smallest absolute Gasteiger partial charge is 0.209 e. The molecule has 3 heteroatoms. The molecule has 0 aromatic heterocycles. The van der Waals surface area contributed by atoms with E-state index in [0.717, 1.165) is 16.9 Å². The largest absolute Gasteiger partial charge is 0.497 e. The number of rotatable bonds is 4. The Kier molecular flexibility index (Phi) is 4.01. The number of methoxy groups -OCH3 is 1. The van der Waals surface area contributed by atoms with Crippen molar-refractivity contribution in [2.45, 2.75) is 6.10 Å². The van der Waals surface area contributed by atoms with Gasteiger partial charge in [0.05, 0.1) is 13.7 Å². The van der Waals surface area contributed by atoms with E-state index >= 15 is 0 Å². The molecule has 1 atom stereocenters. The topological polar surface area (TPSA) is 30.8 Å². The molecule has 0 saturated heterocycles. The van der Waals surface area contributed by atoms with E-state index in [1.165, 1.54) is 0 Å². The van der Waals surface area contributed by atoms with Gasteiger partial charge in [-0.25, -0.2) is 4.99 Å². The van der Waals surface area contributed by atoms with Crippen molar-refractivity contribution in [2.24, 2.45) is 4.99 Å². The number of hydrogen-bond donors (Lipinski definition) is 0. The van der Waals surface area contributed by atoms with Gasteiger partial charge in [-0.1, -0.05) is 42.5 Å². The minimum Gasteiger partial charge on any atom is -0.497 e. The first-order valence-corrected chi connectivity index (χ1v) is 6.93. The normalized spacial score (nSPS) is 17.6. The van der Waals surface area contributed by atoms with Gasteiger partial charge < -0.3 is 9.47 Å². The zero-order chi connectivity index (χ0) is 14.5. The van der Waals surface area contributed by atoms with Crippen molar-refractivity contribution < 1.29 is 9.47 Å². The molecule has 0 N–H and O–H groups in total. The second-order valence-corrected chi connectivity index (χ2v) is 4.80. The minimum absolute atomic E-state index is 0.00803. The van der Waals surface area contributed by atoms with E-state index in [9.17, 15) is 0 Å². The monoisotopic (exact) mass is 279 g/mol. The van der Waals surface area contributed by atoms with Crippen LogP contribution in [0.3, 0.4) is 0 Å². The lowest BCUT2D eigenvalue weighted by molar-refractivity contribution is 0.231. The van der Waals surface area contributed by atoms with Gasteiger partial charge in [0.25, 0.3) is 0 Å². The molecule has 0 radical (unpaired) electrons. The van der Waals surface area contributed by atoms with Gasteiger partial charge in [-0.2, -0.15) is 0 Å². The summed E-state index contributed by atoms with van der Waals surface area (Å²) >= 11 is 0. The standard InChI is InChI=1S/C18H17NO2/c1-20-16-10-8-15(9-11-16)17-13-19-18(21-17)12-7-14-5-3-2-4-6-14/h2-12,17H,13H2,1H3/t17-/m0/s1. The molecule has 3 nitrogen and oxygen atoms in total. The van der Waals surface area contributed by atoms with Crippen molar-refractivity contribution in [1.29, 1.82) is 0 Å². The van der Waals surface area contributed by atoms with Gasteiger partial charge in [0.15, 0.2) is 0 Å². The highest BCUT2D eigenvalue weighted by molar-refractivity contribution is 5.92. The highest BCUT2D eigenvalue weighted by Gasteiger charge is 2.19. The summed E-state index contributed by atoms with van der Waals surface area (Å²) in [4.78, 5) is 4.43. The van der Waals surface area contributed by atoms with E-state index in [0.29, 0.717) is 12.4 Å². The van der Waals surface area contributed by atoms with Crippen LogP contribution in [0.2, 0.25) is 0 Å². The summed E-state index contributed by atoms with van der Waals surface area (Å²) < 4.78 is 11.0. The summed E-state index contributed by atoms with van der Waals surface area (Å²) in [5, 5.41) is 0. The number of ether oxygens (including phenoxy) is 2. The zero-order valence-corrected chi connectivity index (χ0v) is 11.9. The number of aliphatic imine (C=N–C) groups is 1. The summed E-state index contributed by atoms with van der Waals surface area (Å²) in [5.41, 5.74) is 2.25. The molecule has 3 rings (SSSR count). The fourth-order valence-corrected chi connectivity index (χ4v) is 2.21. The fourth-order valence-electron chi connectivity index (χ4n) is 2.21. The molecular formula is C18H17NO2. The lowest BCUT2D eigenvalue weighted by Gasteiger charge is -2.11. The Morgan fingerprint density at radius 3 is 2.52 bits per heavy atom. The van der Waals surface area contributed by atoms with Gasteiger partial charge >= 0.3 is 0 Å². The maximum Gasteiger partial charge on any atom is 0.209 e. The first-order valence-electron chi connectivity index (χ1n) is 6.93. The summed E-state index contributed by atoms with van der Waals surface area (Å²) in [6.45, 7) is 0.654. The highest BCUT2D eigenvalue weighted by atomic mass is 16.5. The van der Waals surface area contributed by atoms with Gasteiger partial charge in [-0.05, 0) is 29.3 Å². The predicted molar refractivity (Wildman–Crippen MR) is 84.6 cm³/mol. The number of nitrogens with zero attached hydrogens (tertiary/aromatic N) is 1. The minimum atomic E-state index is -0.00803. The Balaban J connectivity index is 1.63. The molecule has 0 aliphatic carbocycles. The molecule has 1 heterocycles. The van der Waals surface area contributed by atoms with Crippen molar-refractivity contribution in [3.63, 3.8) is 0 Å². The number of benzene rings is 2. The molecule has 2 aromatic carbocycles. The van der Waals surface area contributed by atoms with E-state index in [2.05, 4.69) is 4.99 Å². The van der Waals surface area contributed by atoms with Crippen LogP contribution in [0.25, 0.3) is 6.08 Å². The maximum absolute atomic E-state index is 5.87. The Hall–Kier alpha value is -2.55. The van der Waals surface area contributed by atoms with E-state index in [4.69, 9.17) is 9.47 Å². The molecule has 1 aliphatic heterocycles. The van der Waals surface area contributed by atoms with E-state index in [1.54, 1.807) is 7.11 Å². The molecule has 2 aromatic rings. The van der Waals surface area contributed by atoms with Crippen LogP contribution in [-0.4, -0.2) is 19.6 Å². The van der Waals surface area contributed by atoms with Crippen LogP contribution >= 0.6 is 0 Å². The van der Waals surface area contributed by atoms with E-state index < -0.39 is 0 Å². The molecular weight excluding hydrogens is 262 g/mol. The molecule has 0 spiro atoms. The molecule has 0 amide bonds. The summed E-state index contributed by atoms with van der Waals surface area (Å²) in [6, 6.07) is 18.0. The van der Waals surface area contributed by atoms with Crippen LogP contribution in [0, 0.1) is 0 Å².